The van der Waals surface area contributed by atoms with Gasteiger partial charge in [0.15, 0.2) is 0 Å². The maximum Gasteiger partial charge on any atom is 0.206 e. The summed E-state index contributed by atoms with van der Waals surface area (Å²) >= 11 is 0. The van der Waals surface area contributed by atoms with Crippen LogP contribution >= 0.6 is 0 Å². The van der Waals surface area contributed by atoms with E-state index in [1.54, 1.807) is 6.07 Å². The SMILES string of the molecule is CN(C)CCN=C1NN([O-])c2c(ccc3c2CCCC3)N1[O-]. The highest BCUT2D eigenvalue weighted by Crippen LogP contribution is 2.39. The Balaban J connectivity index is 1.91. The van der Waals surface area contributed by atoms with Crippen molar-refractivity contribution in [2.45, 2.75) is 25.7 Å². The third kappa shape index (κ3) is 2.75. The molecule has 0 saturated heterocycles. The average Bonchev–Trinajstić information content (AvgIpc) is 2.50. The minimum absolute atomic E-state index is 0.0557. The smallest absolute Gasteiger partial charge is 0.206 e. The first-order valence-corrected chi connectivity index (χ1v) is 7.63. The second-order valence-electron chi connectivity index (χ2n) is 5.99. The predicted octanol–water partition coefficient (Wildman–Crippen LogP) is 1.61. The molecule has 0 spiro atoms. The predicted molar refractivity (Wildman–Crippen MR) is 88.8 cm³/mol. The summed E-state index contributed by atoms with van der Waals surface area (Å²) in [5.74, 6) is 0.0557. The highest BCUT2D eigenvalue weighted by molar-refractivity contribution is 6.04. The van der Waals surface area contributed by atoms with Gasteiger partial charge in [-0.25, -0.2) is 0 Å². The van der Waals surface area contributed by atoms with Crippen molar-refractivity contribution in [1.29, 1.82) is 0 Å². The molecule has 1 aliphatic heterocycles. The maximum absolute atomic E-state index is 12.5. The third-order valence-electron chi connectivity index (χ3n) is 4.11. The van der Waals surface area contributed by atoms with Gasteiger partial charge >= 0.3 is 0 Å². The average molecular weight is 303 g/mol. The van der Waals surface area contributed by atoms with Crippen molar-refractivity contribution in [3.63, 3.8) is 0 Å². The van der Waals surface area contributed by atoms with Crippen molar-refractivity contribution in [2.75, 3.05) is 37.4 Å². The standard InChI is InChI=1S/C15H21N5O2/c1-18(2)10-9-16-15-17-20(22)14-12-6-4-3-5-11(12)7-8-13(14)19(15)21/h7-8H,3-6,9-10H2,1-2H3,(H,16,17)/q-2. The third-order valence-corrected chi connectivity index (χ3v) is 4.11. The Hall–Kier alpha value is -1.83. The molecular weight excluding hydrogens is 282 g/mol. The molecule has 2 aliphatic rings. The molecule has 7 nitrogen and oxygen atoms in total. The van der Waals surface area contributed by atoms with Crippen LogP contribution in [0.15, 0.2) is 17.1 Å². The topological polar surface area (TPSA) is 80.2 Å². The Morgan fingerprint density at radius 1 is 1.23 bits per heavy atom. The number of anilines is 2. The van der Waals surface area contributed by atoms with Gasteiger partial charge < -0.3 is 25.5 Å². The molecule has 0 aromatic heterocycles. The number of hydrogen-bond acceptors (Lipinski definition) is 5. The van der Waals surface area contributed by atoms with E-state index in [0.29, 0.717) is 23.1 Å². The molecule has 1 aromatic rings. The van der Waals surface area contributed by atoms with E-state index in [0.717, 1.165) is 42.9 Å². The number of hydroxylamine groups is 1. The van der Waals surface area contributed by atoms with Gasteiger partial charge in [0.05, 0.1) is 17.9 Å². The van der Waals surface area contributed by atoms with Gasteiger partial charge in [-0.15, -0.1) is 0 Å². The largest absolute Gasteiger partial charge is 0.752 e. The summed E-state index contributed by atoms with van der Waals surface area (Å²) in [4.78, 5) is 6.17. The minimum Gasteiger partial charge on any atom is -0.752 e. The normalized spacial score (nSPS) is 19.2. The van der Waals surface area contributed by atoms with E-state index in [2.05, 4.69) is 10.4 Å². The number of aryl methyl sites for hydroxylation is 1. The molecule has 120 valence electrons. The number of hydrazine groups is 1. The van der Waals surface area contributed by atoms with E-state index in [-0.39, 0.29) is 5.96 Å². The van der Waals surface area contributed by atoms with Gasteiger partial charge in [-0.2, -0.15) is 0 Å². The van der Waals surface area contributed by atoms with Crippen LogP contribution in [0.5, 0.6) is 0 Å². The van der Waals surface area contributed by atoms with Gasteiger partial charge in [0.25, 0.3) is 0 Å². The fourth-order valence-electron chi connectivity index (χ4n) is 2.95. The van der Waals surface area contributed by atoms with Crippen LogP contribution in [-0.2, 0) is 12.8 Å². The van der Waals surface area contributed by atoms with E-state index in [9.17, 15) is 10.4 Å². The van der Waals surface area contributed by atoms with Crippen molar-refractivity contribution >= 4 is 17.3 Å². The van der Waals surface area contributed by atoms with Gasteiger partial charge in [-0.3, -0.25) is 10.4 Å². The Morgan fingerprint density at radius 2 is 2.00 bits per heavy atom. The number of likely N-dealkylation sites (N-methyl/N-ethyl adjacent to an activating group) is 1. The second-order valence-corrected chi connectivity index (χ2v) is 5.99. The fourth-order valence-corrected chi connectivity index (χ4v) is 2.95. The number of rotatable bonds is 3. The molecule has 3 rings (SSSR count). The molecular formula is C15H21N5O2-2. The Kier molecular flexibility index (Phi) is 4.19. The number of fused-ring (bicyclic) bond motifs is 3. The van der Waals surface area contributed by atoms with Crippen LogP contribution < -0.4 is 15.7 Å². The minimum atomic E-state index is 0.0557. The molecule has 0 amide bonds. The summed E-state index contributed by atoms with van der Waals surface area (Å²) in [5.41, 5.74) is 5.59. The van der Waals surface area contributed by atoms with Crippen molar-refractivity contribution in [2.24, 2.45) is 4.99 Å². The highest BCUT2D eigenvalue weighted by Gasteiger charge is 2.23. The number of nitrogens with zero attached hydrogens (tertiary/aromatic N) is 4. The van der Waals surface area contributed by atoms with Crippen LogP contribution in [0.3, 0.4) is 0 Å². The van der Waals surface area contributed by atoms with Crippen LogP contribution in [-0.4, -0.2) is 38.0 Å². The lowest BCUT2D eigenvalue weighted by atomic mass is 9.89. The fraction of sp³-hybridized carbons (Fsp3) is 0.533. The van der Waals surface area contributed by atoms with Crippen molar-refractivity contribution in [3.05, 3.63) is 33.7 Å². The summed E-state index contributed by atoms with van der Waals surface area (Å²) in [6.45, 7) is 1.18. The van der Waals surface area contributed by atoms with E-state index in [4.69, 9.17) is 0 Å². The monoisotopic (exact) mass is 303 g/mol. The Bertz CT molecular complexity index is 588. The molecule has 1 aliphatic carbocycles. The first-order chi connectivity index (χ1) is 10.6. The molecule has 0 fully saturated rings. The van der Waals surface area contributed by atoms with Crippen LogP contribution in [0, 0.1) is 10.4 Å². The first-order valence-electron chi connectivity index (χ1n) is 7.63. The number of benzene rings is 1. The zero-order chi connectivity index (χ0) is 15.7. The summed E-state index contributed by atoms with van der Waals surface area (Å²) in [7, 11) is 3.87. The van der Waals surface area contributed by atoms with Crippen LogP contribution in [0.25, 0.3) is 0 Å². The van der Waals surface area contributed by atoms with Gasteiger partial charge in [0.2, 0.25) is 5.96 Å². The van der Waals surface area contributed by atoms with Gasteiger partial charge in [0, 0.05) is 6.54 Å². The van der Waals surface area contributed by atoms with E-state index >= 15 is 0 Å². The van der Waals surface area contributed by atoms with Gasteiger partial charge in [-0.1, -0.05) is 6.07 Å². The van der Waals surface area contributed by atoms with Gasteiger partial charge in [0.1, 0.15) is 0 Å². The maximum atomic E-state index is 12.5. The molecule has 7 heteroatoms. The number of hydrogen-bond donors (Lipinski definition) is 1. The van der Waals surface area contributed by atoms with Crippen LogP contribution in [0.2, 0.25) is 0 Å². The van der Waals surface area contributed by atoms with Crippen LogP contribution in [0.1, 0.15) is 24.0 Å². The zero-order valence-electron chi connectivity index (χ0n) is 13.0. The first kappa shape index (κ1) is 15.1. The van der Waals surface area contributed by atoms with E-state index < -0.39 is 0 Å². The molecule has 1 N–H and O–H groups in total. The number of guanidine groups is 1. The van der Waals surface area contributed by atoms with Crippen molar-refractivity contribution in [3.8, 4) is 0 Å². The van der Waals surface area contributed by atoms with E-state index in [1.165, 1.54) is 5.56 Å². The quantitative estimate of drug-likeness (QED) is 0.913. The number of aliphatic imine (C=N–C) groups is 1. The Labute approximate surface area is 130 Å². The summed E-state index contributed by atoms with van der Waals surface area (Å²) in [5, 5.41) is 26.3. The lowest BCUT2D eigenvalue weighted by Gasteiger charge is -2.48. The summed E-state index contributed by atoms with van der Waals surface area (Å²) < 4.78 is 0. The number of nitrogens with one attached hydrogen (secondary N) is 1. The molecule has 22 heavy (non-hydrogen) atoms. The van der Waals surface area contributed by atoms with Crippen molar-refractivity contribution in [1.82, 2.24) is 10.3 Å². The lowest BCUT2D eigenvalue weighted by Crippen LogP contribution is -2.51. The van der Waals surface area contributed by atoms with Crippen molar-refractivity contribution < 1.29 is 0 Å². The molecule has 0 unspecified atom stereocenters. The highest BCUT2D eigenvalue weighted by atomic mass is 16.6. The molecule has 1 heterocycles. The molecule has 1 aromatic carbocycles. The van der Waals surface area contributed by atoms with Gasteiger partial charge in [-0.05, 0) is 57.0 Å². The zero-order valence-corrected chi connectivity index (χ0v) is 13.0. The van der Waals surface area contributed by atoms with Crippen LogP contribution in [0.4, 0.5) is 11.4 Å². The van der Waals surface area contributed by atoms with E-state index in [1.807, 2.05) is 25.1 Å². The second kappa shape index (κ2) is 6.12. The molecule has 0 bridgehead atoms. The molecule has 0 radical (unpaired) electrons. The molecule has 0 saturated carbocycles. The Morgan fingerprint density at radius 3 is 2.77 bits per heavy atom. The lowest BCUT2D eigenvalue weighted by molar-refractivity contribution is 0.420. The summed E-state index contributed by atoms with van der Waals surface area (Å²) in [6.07, 6.45) is 4.01. The molecule has 0 atom stereocenters. The summed E-state index contributed by atoms with van der Waals surface area (Å²) in [6, 6.07) is 3.70.